The van der Waals surface area contributed by atoms with E-state index in [1.54, 1.807) is 6.20 Å². The number of pyridine rings is 1. The van der Waals surface area contributed by atoms with E-state index in [9.17, 15) is 4.79 Å². The van der Waals surface area contributed by atoms with Crippen molar-refractivity contribution in [3.05, 3.63) is 41.6 Å². The van der Waals surface area contributed by atoms with E-state index in [1.807, 2.05) is 31.2 Å². The Morgan fingerprint density at radius 2 is 2.32 bits per heavy atom. The number of nitrogens with two attached hydrogens (primary N) is 1. The fourth-order valence-corrected chi connectivity index (χ4v) is 2.93. The van der Waals surface area contributed by atoms with E-state index in [0.29, 0.717) is 30.6 Å². The number of amides is 1. The van der Waals surface area contributed by atoms with Crippen molar-refractivity contribution in [1.82, 2.24) is 15.6 Å². The third-order valence-electron chi connectivity index (χ3n) is 4.25. The van der Waals surface area contributed by atoms with E-state index < -0.39 is 0 Å². The molecule has 0 bridgehead atoms. The number of carbonyl (C=O) groups excluding carboxylic acids is 1. The van der Waals surface area contributed by atoms with E-state index in [0.717, 1.165) is 29.4 Å². The Bertz CT molecular complexity index is 685. The molecule has 1 saturated heterocycles. The van der Waals surface area contributed by atoms with Crippen LogP contribution in [0.25, 0.3) is 10.9 Å². The quantitative estimate of drug-likeness (QED) is 0.792. The molecular formula is C17H22N4O. The van der Waals surface area contributed by atoms with Crippen LogP contribution >= 0.6 is 0 Å². The van der Waals surface area contributed by atoms with Gasteiger partial charge in [0.1, 0.15) is 0 Å². The zero-order chi connectivity index (χ0) is 15.5. The first-order valence-electron chi connectivity index (χ1n) is 7.74. The Balaban J connectivity index is 1.65. The summed E-state index contributed by atoms with van der Waals surface area (Å²) < 4.78 is 0. The molecule has 0 aliphatic carbocycles. The monoisotopic (exact) mass is 298 g/mol. The second-order valence-corrected chi connectivity index (χ2v) is 6.07. The lowest BCUT2D eigenvalue weighted by atomic mass is 10.1. The van der Waals surface area contributed by atoms with Crippen LogP contribution in [-0.2, 0) is 0 Å². The predicted octanol–water partition coefficient (Wildman–Crippen LogP) is 1.21. The number of fused-ring (bicyclic) bond motifs is 1. The van der Waals surface area contributed by atoms with E-state index in [2.05, 4.69) is 15.6 Å². The standard InChI is InChI=1S/C17H22N4O/c1-11-2-3-16-13(4-11)6-14(9-20-16)17(22)21-10-15-5-12(7-18)8-19-15/h2-4,6,9,12,15,19H,5,7-8,10,18H2,1H3,(H,21,22)/t12-,15-/m1/s1. The summed E-state index contributed by atoms with van der Waals surface area (Å²) in [7, 11) is 0. The molecule has 1 aromatic heterocycles. The van der Waals surface area contributed by atoms with Crippen LogP contribution in [0.15, 0.2) is 30.5 Å². The van der Waals surface area contributed by atoms with Crippen LogP contribution in [0, 0.1) is 12.8 Å². The average Bonchev–Trinajstić information content (AvgIpc) is 3.00. The Morgan fingerprint density at radius 3 is 3.09 bits per heavy atom. The van der Waals surface area contributed by atoms with Gasteiger partial charge in [0.2, 0.25) is 0 Å². The van der Waals surface area contributed by atoms with Gasteiger partial charge in [0.25, 0.3) is 5.91 Å². The second-order valence-electron chi connectivity index (χ2n) is 6.07. The molecule has 0 spiro atoms. The molecule has 1 aromatic carbocycles. The van der Waals surface area contributed by atoms with E-state index >= 15 is 0 Å². The summed E-state index contributed by atoms with van der Waals surface area (Å²) in [5.41, 5.74) is 8.35. The van der Waals surface area contributed by atoms with Crippen LogP contribution in [0.5, 0.6) is 0 Å². The Morgan fingerprint density at radius 1 is 1.45 bits per heavy atom. The van der Waals surface area contributed by atoms with Gasteiger partial charge in [-0.2, -0.15) is 0 Å². The highest BCUT2D eigenvalue weighted by atomic mass is 16.1. The molecule has 1 aliphatic rings. The van der Waals surface area contributed by atoms with Crippen molar-refractivity contribution in [2.45, 2.75) is 19.4 Å². The topological polar surface area (TPSA) is 80.0 Å². The minimum absolute atomic E-state index is 0.0751. The molecule has 0 unspecified atom stereocenters. The Kier molecular flexibility index (Phi) is 4.36. The average molecular weight is 298 g/mol. The molecule has 1 aliphatic heterocycles. The minimum atomic E-state index is -0.0751. The van der Waals surface area contributed by atoms with Crippen molar-refractivity contribution in [3.63, 3.8) is 0 Å². The van der Waals surface area contributed by atoms with Gasteiger partial charge in [-0.25, -0.2) is 0 Å². The molecule has 5 nitrogen and oxygen atoms in total. The van der Waals surface area contributed by atoms with Crippen molar-refractivity contribution in [2.75, 3.05) is 19.6 Å². The van der Waals surface area contributed by atoms with Crippen LogP contribution in [0.1, 0.15) is 22.3 Å². The zero-order valence-corrected chi connectivity index (χ0v) is 12.8. The Hall–Kier alpha value is -1.98. The van der Waals surface area contributed by atoms with Gasteiger partial charge in [-0.1, -0.05) is 11.6 Å². The molecule has 3 rings (SSSR count). The van der Waals surface area contributed by atoms with Crippen LogP contribution in [0.2, 0.25) is 0 Å². The summed E-state index contributed by atoms with van der Waals surface area (Å²) in [4.78, 5) is 16.6. The number of nitrogens with one attached hydrogen (secondary N) is 2. The summed E-state index contributed by atoms with van der Waals surface area (Å²) in [6.45, 7) is 4.30. The highest BCUT2D eigenvalue weighted by Gasteiger charge is 2.23. The molecule has 0 saturated carbocycles. The number of carbonyl (C=O) groups is 1. The van der Waals surface area contributed by atoms with Crippen LogP contribution in [0.3, 0.4) is 0 Å². The lowest BCUT2D eigenvalue weighted by Crippen LogP contribution is -2.37. The molecule has 2 atom stereocenters. The summed E-state index contributed by atoms with van der Waals surface area (Å²) >= 11 is 0. The molecule has 2 heterocycles. The number of hydrogen-bond acceptors (Lipinski definition) is 4. The predicted molar refractivity (Wildman–Crippen MR) is 87.8 cm³/mol. The number of aryl methyl sites for hydroxylation is 1. The number of aromatic nitrogens is 1. The number of benzene rings is 1. The SMILES string of the molecule is Cc1ccc2ncc(C(=O)NC[C@H]3C[C@H](CN)CN3)cc2c1. The number of nitrogens with zero attached hydrogens (tertiary/aromatic N) is 1. The maximum atomic E-state index is 12.3. The second kappa shape index (κ2) is 6.42. The molecule has 0 radical (unpaired) electrons. The summed E-state index contributed by atoms with van der Waals surface area (Å²) in [6, 6.07) is 8.25. The molecule has 1 amide bonds. The third kappa shape index (κ3) is 3.26. The third-order valence-corrected chi connectivity index (χ3v) is 4.25. The molecule has 4 N–H and O–H groups in total. The van der Waals surface area contributed by atoms with Crippen LogP contribution < -0.4 is 16.4 Å². The van der Waals surface area contributed by atoms with Crippen molar-refractivity contribution in [1.29, 1.82) is 0 Å². The smallest absolute Gasteiger partial charge is 0.252 e. The van der Waals surface area contributed by atoms with Gasteiger partial charge in [-0.15, -0.1) is 0 Å². The van der Waals surface area contributed by atoms with Crippen molar-refractivity contribution < 1.29 is 4.79 Å². The van der Waals surface area contributed by atoms with Crippen molar-refractivity contribution in [3.8, 4) is 0 Å². The first kappa shape index (κ1) is 14.9. The van der Waals surface area contributed by atoms with E-state index in [4.69, 9.17) is 5.73 Å². The first-order chi connectivity index (χ1) is 10.7. The molecule has 116 valence electrons. The minimum Gasteiger partial charge on any atom is -0.350 e. The van der Waals surface area contributed by atoms with Crippen molar-refractivity contribution in [2.24, 2.45) is 11.7 Å². The van der Waals surface area contributed by atoms with Crippen LogP contribution in [-0.4, -0.2) is 36.6 Å². The van der Waals surface area contributed by atoms with Gasteiger partial charge in [0.15, 0.2) is 0 Å². The van der Waals surface area contributed by atoms with Gasteiger partial charge < -0.3 is 16.4 Å². The Labute approximate surface area is 130 Å². The summed E-state index contributed by atoms with van der Waals surface area (Å²) in [5, 5.41) is 7.37. The number of rotatable bonds is 4. The highest BCUT2D eigenvalue weighted by Crippen LogP contribution is 2.15. The maximum Gasteiger partial charge on any atom is 0.252 e. The lowest BCUT2D eigenvalue weighted by Gasteiger charge is -2.12. The molecule has 5 heteroatoms. The zero-order valence-electron chi connectivity index (χ0n) is 12.8. The van der Waals surface area contributed by atoms with Crippen LogP contribution in [0.4, 0.5) is 0 Å². The highest BCUT2D eigenvalue weighted by molar-refractivity contribution is 5.97. The normalized spacial score (nSPS) is 21.2. The molecule has 22 heavy (non-hydrogen) atoms. The lowest BCUT2D eigenvalue weighted by molar-refractivity contribution is 0.0950. The maximum absolute atomic E-state index is 12.3. The number of hydrogen-bond donors (Lipinski definition) is 3. The molecule has 1 fully saturated rings. The van der Waals surface area contributed by atoms with Gasteiger partial charge in [-0.05, 0) is 50.6 Å². The van der Waals surface area contributed by atoms with E-state index in [-0.39, 0.29) is 5.91 Å². The van der Waals surface area contributed by atoms with Gasteiger partial charge in [0, 0.05) is 24.2 Å². The fraction of sp³-hybridized carbons (Fsp3) is 0.412. The summed E-state index contributed by atoms with van der Waals surface area (Å²) in [5.74, 6) is 0.445. The summed E-state index contributed by atoms with van der Waals surface area (Å²) in [6.07, 6.45) is 2.66. The van der Waals surface area contributed by atoms with Gasteiger partial charge >= 0.3 is 0 Å². The molecule has 2 aromatic rings. The first-order valence-corrected chi connectivity index (χ1v) is 7.74. The van der Waals surface area contributed by atoms with Gasteiger partial charge in [-0.3, -0.25) is 9.78 Å². The fourth-order valence-electron chi connectivity index (χ4n) is 2.93. The van der Waals surface area contributed by atoms with E-state index in [1.165, 1.54) is 0 Å². The molecular weight excluding hydrogens is 276 g/mol. The van der Waals surface area contributed by atoms with Crippen molar-refractivity contribution >= 4 is 16.8 Å². The largest absolute Gasteiger partial charge is 0.350 e. The van der Waals surface area contributed by atoms with Gasteiger partial charge in [0.05, 0.1) is 11.1 Å².